The third kappa shape index (κ3) is 3.40. The topological polar surface area (TPSA) is 72.6 Å². The first-order valence-corrected chi connectivity index (χ1v) is 8.07. The molecular formula is C11H22N2O3S. The highest BCUT2D eigenvalue weighted by Crippen LogP contribution is 2.21. The molecule has 2 rings (SSSR count). The molecule has 2 saturated heterocycles. The third-order valence-electron chi connectivity index (χ3n) is 3.53. The normalized spacial score (nSPS) is 32.5. The van der Waals surface area contributed by atoms with E-state index in [1.165, 1.54) is 4.31 Å². The van der Waals surface area contributed by atoms with Gasteiger partial charge in [0.2, 0.25) is 10.0 Å². The second-order valence-corrected chi connectivity index (χ2v) is 6.91. The van der Waals surface area contributed by atoms with Gasteiger partial charge in [0.1, 0.15) is 0 Å². The van der Waals surface area contributed by atoms with Gasteiger partial charge >= 0.3 is 0 Å². The van der Waals surface area contributed by atoms with E-state index in [-0.39, 0.29) is 18.0 Å². The fraction of sp³-hybridized carbons (Fsp3) is 1.00. The lowest BCUT2D eigenvalue weighted by Crippen LogP contribution is -2.47. The number of nitrogens with two attached hydrogens (primary N) is 1. The van der Waals surface area contributed by atoms with Crippen molar-refractivity contribution < 1.29 is 13.2 Å². The van der Waals surface area contributed by atoms with Crippen LogP contribution < -0.4 is 5.73 Å². The van der Waals surface area contributed by atoms with Crippen LogP contribution in [-0.2, 0) is 14.8 Å². The van der Waals surface area contributed by atoms with Crippen LogP contribution in [0.3, 0.4) is 0 Å². The van der Waals surface area contributed by atoms with Crippen LogP contribution in [0.1, 0.15) is 38.5 Å². The molecule has 0 aromatic carbocycles. The van der Waals surface area contributed by atoms with Crippen molar-refractivity contribution in [3.63, 3.8) is 0 Å². The predicted molar refractivity (Wildman–Crippen MR) is 65.9 cm³/mol. The summed E-state index contributed by atoms with van der Waals surface area (Å²) in [5.74, 6) is 0.0979. The van der Waals surface area contributed by atoms with E-state index in [4.69, 9.17) is 10.5 Å². The summed E-state index contributed by atoms with van der Waals surface area (Å²) < 4.78 is 31.4. The van der Waals surface area contributed by atoms with Crippen molar-refractivity contribution >= 4 is 10.0 Å². The van der Waals surface area contributed by atoms with Gasteiger partial charge in [-0.05, 0) is 25.7 Å². The SMILES string of the molecule is NC1CCCCCN1S(=O)(=O)CC1CCCO1. The Kier molecular flexibility index (Phi) is 4.41. The fourth-order valence-corrected chi connectivity index (χ4v) is 4.41. The maximum absolute atomic E-state index is 12.3. The lowest BCUT2D eigenvalue weighted by molar-refractivity contribution is 0.126. The molecule has 17 heavy (non-hydrogen) atoms. The third-order valence-corrected chi connectivity index (χ3v) is 5.49. The Balaban J connectivity index is 2.01. The lowest BCUT2D eigenvalue weighted by Gasteiger charge is -2.27. The summed E-state index contributed by atoms with van der Waals surface area (Å²) in [6, 6.07) is 0. The number of hydrogen-bond acceptors (Lipinski definition) is 4. The molecule has 0 aromatic rings. The van der Waals surface area contributed by atoms with E-state index in [0.717, 1.165) is 38.5 Å². The van der Waals surface area contributed by atoms with Crippen molar-refractivity contribution in [3.05, 3.63) is 0 Å². The van der Waals surface area contributed by atoms with E-state index in [0.29, 0.717) is 13.2 Å². The highest BCUT2D eigenvalue weighted by Gasteiger charge is 2.32. The molecule has 0 aromatic heterocycles. The Morgan fingerprint density at radius 1 is 1.18 bits per heavy atom. The van der Waals surface area contributed by atoms with Crippen LogP contribution in [0.15, 0.2) is 0 Å². The van der Waals surface area contributed by atoms with E-state index in [9.17, 15) is 8.42 Å². The summed E-state index contributed by atoms with van der Waals surface area (Å²) in [7, 11) is -3.26. The van der Waals surface area contributed by atoms with Crippen molar-refractivity contribution in [2.24, 2.45) is 5.73 Å². The van der Waals surface area contributed by atoms with Crippen molar-refractivity contribution in [3.8, 4) is 0 Å². The van der Waals surface area contributed by atoms with Crippen molar-refractivity contribution in [2.45, 2.75) is 50.8 Å². The van der Waals surface area contributed by atoms with Crippen molar-refractivity contribution in [2.75, 3.05) is 18.9 Å². The van der Waals surface area contributed by atoms with Gasteiger partial charge < -0.3 is 10.5 Å². The van der Waals surface area contributed by atoms with E-state index < -0.39 is 10.0 Å². The Morgan fingerprint density at radius 3 is 2.71 bits per heavy atom. The summed E-state index contributed by atoms with van der Waals surface area (Å²) in [4.78, 5) is 0. The first-order chi connectivity index (χ1) is 8.09. The molecule has 0 amide bonds. The molecule has 2 unspecified atom stereocenters. The molecule has 0 aliphatic carbocycles. The van der Waals surface area contributed by atoms with E-state index in [2.05, 4.69) is 0 Å². The number of hydrogen-bond donors (Lipinski definition) is 1. The zero-order valence-corrected chi connectivity index (χ0v) is 11.0. The first-order valence-electron chi connectivity index (χ1n) is 6.46. The smallest absolute Gasteiger partial charge is 0.218 e. The molecule has 2 fully saturated rings. The molecule has 2 aliphatic rings. The van der Waals surface area contributed by atoms with Gasteiger partial charge in [0, 0.05) is 13.2 Å². The molecule has 2 N–H and O–H groups in total. The van der Waals surface area contributed by atoms with Crippen LogP contribution in [0.25, 0.3) is 0 Å². The Hall–Kier alpha value is -0.170. The summed E-state index contributed by atoms with van der Waals surface area (Å²) in [5.41, 5.74) is 5.95. The maximum Gasteiger partial charge on any atom is 0.218 e. The minimum absolute atomic E-state index is 0.0979. The summed E-state index contributed by atoms with van der Waals surface area (Å²) in [6.45, 7) is 1.25. The van der Waals surface area contributed by atoms with Gasteiger partial charge in [0.05, 0.1) is 18.0 Å². The fourth-order valence-electron chi connectivity index (χ4n) is 2.56. The average Bonchev–Trinajstić information content (AvgIpc) is 2.64. The molecule has 2 atom stereocenters. The lowest BCUT2D eigenvalue weighted by atomic mass is 10.2. The van der Waals surface area contributed by atoms with Crippen LogP contribution in [0.5, 0.6) is 0 Å². The Labute approximate surface area is 103 Å². The Bertz CT molecular complexity index is 339. The van der Waals surface area contributed by atoms with Crippen LogP contribution >= 0.6 is 0 Å². The second-order valence-electron chi connectivity index (χ2n) is 4.94. The molecular weight excluding hydrogens is 240 g/mol. The number of nitrogens with zero attached hydrogens (tertiary/aromatic N) is 1. The molecule has 100 valence electrons. The molecule has 6 heteroatoms. The average molecular weight is 262 g/mol. The van der Waals surface area contributed by atoms with E-state index in [1.54, 1.807) is 0 Å². The van der Waals surface area contributed by atoms with Crippen molar-refractivity contribution in [1.82, 2.24) is 4.31 Å². The maximum atomic E-state index is 12.3. The number of rotatable bonds is 3. The molecule has 0 spiro atoms. The first kappa shape index (κ1) is 13.3. The van der Waals surface area contributed by atoms with Gasteiger partial charge in [-0.15, -0.1) is 0 Å². The van der Waals surface area contributed by atoms with Crippen LogP contribution in [0, 0.1) is 0 Å². The molecule has 0 bridgehead atoms. The van der Waals surface area contributed by atoms with Crippen LogP contribution in [-0.4, -0.2) is 43.9 Å². The quantitative estimate of drug-likeness (QED) is 0.811. The summed E-state index contributed by atoms with van der Waals surface area (Å²) >= 11 is 0. The van der Waals surface area contributed by atoms with E-state index in [1.807, 2.05) is 0 Å². The van der Waals surface area contributed by atoms with Crippen molar-refractivity contribution in [1.29, 1.82) is 0 Å². The Morgan fingerprint density at radius 2 is 2.00 bits per heavy atom. The van der Waals surface area contributed by atoms with Gasteiger partial charge in [-0.3, -0.25) is 0 Å². The largest absolute Gasteiger partial charge is 0.377 e. The highest BCUT2D eigenvalue weighted by atomic mass is 32.2. The standard InChI is InChI=1S/C11H22N2O3S/c12-11-6-2-1-3-7-13(11)17(14,15)9-10-5-4-8-16-10/h10-11H,1-9,12H2. The molecule has 0 radical (unpaired) electrons. The number of sulfonamides is 1. The minimum atomic E-state index is -3.26. The minimum Gasteiger partial charge on any atom is -0.377 e. The van der Waals surface area contributed by atoms with Gasteiger partial charge in [-0.2, -0.15) is 4.31 Å². The summed E-state index contributed by atoms with van der Waals surface area (Å²) in [6.07, 6.45) is 5.11. The van der Waals surface area contributed by atoms with Crippen LogP contribution in [0.2, 0.25) is 0 Å². The summed E-state index contributed by atoms with van der Waals surface area (Å²) in [5, 5.41) is 0. The molecule has 5 nitrogen and oxygen atoms in total. The second kappa shape index (κ2) is 5.65. The van der Waals surface area contributed by atoms with Gasteiger partial charge in [0.25, 0.3) is 0 Å². The van der Waals surface area contributed by atoms with E-state index >= 15 is 0 Å². The molecule has 0 saturated carbocycles. The molecule has 2 heterocycles. The monoisotopic (exact) mass is 262 g/mol. The van der Waals surface area contributed by atoms with Gasteiger partial charge in [-0.1, -0.05) is 12.8 Å². The zero-order valence-electron chi connectivity index (χ0n) is 10.2. The van der Waals surface area contributed by atoms with Gasteiger partial charge in [0.15, 0.2) is 0 Å². The van der Waals surface area contributed by atoms with Gasteiger partial charge in [-0.25, -0.2) is 8.42 Å². The highest BCUT2D eigenvalue weighted by molar-refractivity contribution is 7.89. The van der Waals surface area contributed by atoms with Crippen LogP contribution in [0.4, 0.5) is 0 Å². The predicted octanol–water partition coefficient (Wildman–Crippen LogP) is 0.656. The number of ether oxygens (including phenoxy) is 1. The molecule has 2 aliphatic heterocycles. The zero-order chi connectivity index (χ0) is 12.3.